The zero-order valence-corrected chi connectivity index (χ0v) is 11.4. The standard InChI is InChI=1S/C14H20F3NO/c1-4-19-9-13(10(2)3)18-12-8-6-5-7-11(12)14(15,16)17/h5-8,10,13,18H,4,9H2,1-3H3. The number of benzene rings is 1. The molecule has 1 N–H and O–H groups in total. The second-order valence-electron chi connectivity index (χ2n) is 4.70. The Kier molecular flexibility index (Phi) is 5.66. The van der Waals surface area contributed by atoms with Crippen LogP contribution in [0.25, 0.3) is 0 Å². The molecule has 0 fully saturated rings. The number of anilines is 1. The summed E-state index contributed by atoms with van der Waals surface area (Å²) >= 11 is 0. The number of halogens is 3. The van der Waals surface area contributed by atoms with Crippen LogP contribution in [0.15, 0.2) is 24.3 Å². The lowest BCUT2D eigenvalue weighted by Crippen LogP contribution is -2.31. The van der Waals surface area contributed by atoms with Gasteiger partial charge in [-0.2, -0.15) is 13.2 Å². The van der Waals surface area contributed by atoms with E-state index in [1.807, 2.05) is 20.8 Å². The normalized spacial score (nSPS) is 13.6. The van der Waals surface area contributed by atoms with Gasteiger partial charge in [-0.05, 0) is 25.0 Å². The van der Waals surface area contributed by atoms with Crippen molar-refractivity contribution in [3.63, 3.8) is 0 Å². The Morgan fingerprint density at radius 1 is 1.21 bits per heavy atom. The van der Waals surface area contributed by atoms with E-state index in [4.69, 9.17) is 4.74 Å². The molecular formula is C14H20F3NO. The largest absolute Gasteiger partial charge is 0.418 e. The lowest BCUT2D eigenvalue weighted by atomic mass is 10.0. The number of ether oxygens (including phenoxy) is 1. The number of hydrogen-bond acceptors (Lipinski definition) is 2. The van der Waals surface area contributed by atoms with Crippen LogP contribution in [-0.4, -0.2) is 19.3 Å². The molecule has 0 amide bonds. The molecule has 1 aromatic carbocycles. The van der Waals surface area contributed by atoms with E-state index >= 15 is 0 Å². The Balaban J connectivity index is 2.90. The summed E-state index contributed by atoms with van der Waals surface area (Å²) in [7, 11) is 0. The minimum absolute atomic E-state index is 0.105. The molecule has 2 nitrogen and oxygen atoms in total. The molecule has 0 aliphatic heterocycles. The van der Waals surface area contributed by atoms with E-state index in [2.05, 4.69) is 5.32 Å². The number of para-hydroxylation sites is 1. The maximum atomic E-state index is 12.9. The van der Waals surface area contributed by atoms with Crippen LogP contribution >= 0.6 is 0 Å². The zero-order chi connectivity index (χ0) is 14.5. The highest BCUT2D eigenvalue weighted by molar-refractivity contribution is 5.53. The third kappa shape index (κ3) is 4.74. The van der Waals surface area contributed by atoms with Crippen molar-refractivity contribution < 1.29 is 17.9 Å². The highest BCUT2D eigenvalue weighted by Gasteiger charge is 2.33. The van der Waals surface area contributed by atoms with Crippen molar-refractivity contribution in [2.24, 2.45) is 5.92 Å². The molecule has 0 aromatic heterocycles. The van der Waals surface area contributed by atoms with Crippen LogP contribution in [0.2, 0.25) is 0 Å². The molecule has 1 rings (SSSR count). The molecule has 1 atom stereocenters. The average molecular weight is 275 g/mol. The van der Waals surface area contributed by atoms with Crippen LogP contribution in [0.3, 0.4) is 0 Å². The summed E-state index contributed by atoms with van der Waals surface area (Å²) in [5.74, 6) is 0.174. The van der Waals surface area contributed by atoms with Gasteiger partial charge < -0.3 is 10.1 Å². The molecule has 108 valence electrons. The zero-order valence-electron chi connectivity index (χ0n) is 11.4. The van der Waals surface area contributed by atoms with Gasteiger partial charge in [-0.25, -0.2) is 0 Å². The van der Waals surface area contributed by atoms with Gasteiger partial charge in [-0.1, -0.05) is 26.0 Å². The molecule has 0 bridgehead atoms. The molecule has 0 saturated heterocycles. The second-order valence-corrected chi connectivity index (χ2v) is 4.70. The summed E-state index contributed by atoms with van der Waals surface area (Å²) in [6, 6.07) is 5.37. The summed E-state index contributed by atoms with van der Waals surface area (Å²) in [4.78, 5) is 0. The lowest BCUT2D eigenvalue weighted by molar-refractivity contribution is -0.137. The van der Waals surface area contributed by atoms with Gasteiger partial charge in [0.15, 0.2) is 0 Å². The molecule has 0 aliphatic carbocycles. The van der Waals surface area contributed by atoms with Gasteiger partial charge in [0.2, 0.25) is 0 Å². The van der Waals surface area contributed by atoms with Crippen molar-refractivity contribution in [2.75, 3.05) is 18.5 Å². The summed E-state index contributed by atoms with van der Waals surface area (Å²) in [6.45, 7) is 6.70. The molecule has 5 heteroatoms. The maximum Gasteiger partial charge on any atom is 0.418 e. The predicted molar refractivity (Wildman–Crippen MR) is 70.2 cm³/mol. The Bertz CT molecular complexity index is 391. The Labute approximate surface area is 112 Å². The summed E-state index contributed by atoms with van der Waals surface area (Å²) < 4.78 is 44.0. The lowest BCUT2D eigenvalue weighted by Gasteiger charge is -2.25. The molecule has 0 saturated carbocycles. The van der Waals surface area contributed by atoms with Gasteiger partial charge in [-0.3, -0.25) is 0 Å². The first-order chi connectivity index (χ1) is 8.86. The third-order valence-corrected chi connectivity index (χ3v) is 2.88. The topological polar surface area (TPSA) is 21.3 Å². The first kappa shape index (κ1) is 15.8. The van der Waals surface area contributed by atoms with E-state index in [0.29, 0.717) is 13.2 Å². The van der Waals surface area contributed by atoms with Crippen LogP contribution in [-0.2, 0) is 10.9 Å². The highest BCUT2D eigenvalue weighted by atomic mass is 19.4. The fraction of sp³-hybridized carbons (Fsp3) is 0.571. The summed E-state index contributed by atoms with van der Waals surface area (Å²) in [5.41, 5.74) is -0.537. The SMILES string of the molecule is CCOCC(Nc1ccccc1C(F)(F)F)C(C)C. The monoisotopic (exact) mass is 275 g/mol. The van der Waals surface area contributed by atoms with E-state index in [-0.39, 0.29) is 17.6 Å². The van der Waals surface area contributed by atoms with Crippen LogP contribution in [0.1, 0.15) is 26.3 Å². The van der Waals surface area contributed by atoms with Crippen LogP contribution in [0, 0.1) is 5.92 Å². The van der Waals surface area contributed by atoms with Crippen molar-refractivity contribution in [1.29, 1.82) is 0 Å². The smallest absolute Gasteiger partial charge is 0.380 e. The second kappa shape index (κ2) is 6.80. The van der Waals surface area contributed by atoms with Crippen LogP contribution in [0.4, 0.5) is 18.9 Å². The average Bonchev–Trinajstić information content (AvgIpc) is 2.33. The first-order valence-corrected chi connectivity index (χ1v) is 6.36. The molecule has 0 heterocycles. The molecular weight excluding hydrogens is 255 g/mol. The van der Waals surface area contributed by atoms with Gasteiger partial charge in [0, 0.05) is 12.3 Å². The van der Waals surface area contributed by atoms with Crippen molar-refractivity contribution in [3.05, 3.63) is 29.8 Å². The van der Waals surface area contributed by atoms with Crippen molar-refractivity contribution in [1.82, 2.24) is 0 Å². The molecule has 1 unspecified atom stereocenters. The van der Waals surface area contributed by atoms with Crippen molar-refractivity contribution >= 4 is 5.69 Å². The maximum absolute atomic E-state index is 12.9. The highest BCUT2D eigenvalue weighted by Crippen LogP contribution is 2.35. The summed E-state index contributed by atoms with van der Waals surface area (Å²) in [5, 5.41) is 2.94. The van der Waals surface area contributed by atoms with E-state index in [1.165, 1.54) is 12.1 Å². The van der Waals surface area contributed by atoms with Gasteiger partial charge in [0.25, 0.3) is 0 Å². The number of alkyl halides is 3. The predicted octanol–water partition coefficient (Wildman–Crippen LogP) is 4.18. The number of rotatable bonds is 6. The minimum atomic E-state index is -4.35. The Morgan fingerprint density at radius 3 is 2.37 bits per heavy atom. The fourth-order valence-corrected chi connectivity index (χ4v) is 1.70. The molecule has 1 aromatic rings. The fourth-order valence-electron chi connectivity index (χ4n) is 1.70. The molecule has 0 spiro atoms. The molecule has 0 radical (unpaired) electrons. The quantitative estimate of drug-likeness (QED) is 0.841. The van der Waals surface area contributed by atoms with E-state index in [0.717, 1.165) is 6.07 Å². The Morgan fingerprint density at radius 2 is 1.84 bits per heavy atom. The van der Waals surface area contributed by atoms with Crippen molar-refractivity contribution in [3.8, 4) is 0 Å². The molecule has 0 aliphatic rings. The molecule has 19 heavy (non-hydrogen) atoms. The van der Waals surface area contributed by atoms with E-state index in [9.17, 15) is 13.2 Å². The van der Waals surface area contributed by atoms with E-state index in [1.54, 1.807) is 6.07 Å². The minimum Gasteiger partial charge on any atom is -0.380 e. The van der Waals surface area contributed by atoms with Crippen LogP contribution < -0.4 is 5.32 Å². The van der Waals surface area contributed by atoms with Gasteiger partial charge in [0.05, 0.1) is 18.2 Å². The van der Waals surface area contributed by atoms with Crippen molar-refractivity contribution in [2.45, 2.75) is 33.0 Å². The number of hydrogen-bond donors (Lipinski definition) is 1. The number of nitrogens with one attached hydrogen (secondary N) is 1. The third-order valence-electron chi connectivity index (χ3n) is 2.88. The van der Waals surface area contributed by atoms with Crippen LogP contribution in [0.5, 0.6) is 0 Å². The summed E-state index contributed by atoms with van der Waals surface area (Å²) in [6.07, 6.45) is -4.35. The van der Waals surface area contributed by atoms with Gasteiger partial charge in [-0.15, -0.1) is 0 Å². The first-order valence-electron chi connectivity index (χ1n) is 6.36. The Hall–Kier alpha value is -1.23. The van der Waals surface area contributed by atoms with Gasteiger partial charge >= 0.3 is 6.18 Å². The van der Waals surface area contributed by atoms with E-state index < -0.39 is 11.7 Å². The van der Waals surface area contributed by atoms with Gasteiger partial charge in [0.1, 0.15) is 0 Å².